The highest BCUT2D eigenvalue weighted by molar-refractivity contribution is 6.31. The number of nitrogens with one attached hydrogen (secondary N) is 1. The molecule has 1 aromatic carbocycles. The Morgan fingerprint density at radius 2 is 2.06 bits per heavy atom. The van der Waals surface area contributed by atoms with Gasteiger partial charge in [-0.25, -0.2) is 0 Å². The summed E-state index contributed by atoms with van der Waals surface area (Å²) in [5, 5.41) is 3.80. The average molecular weight is 240 g/mol. The number of primary amides is 1. The Balaban J connectivity index is 2.34. The first-order valence-corrected chi connectivity index (χ1v) is 5.61. The van der Waals surface area contributed by atoms with Crippen molar-refractivity contribution < 1.29 is 4.79 Å². The number of benzene rings is 1. The summed E-state index contributed by atoms with van der Waals surface area (Å²) in [5.41, 5.74) is 6.72. The number of nitrogens with two attached hydrogens (primary N) is 1. The van der Waals surface area contributed by atoms with Gasteiger partial charge in [0, 0.05) is 36.9 Å². The first-order valence-electron chi connectivity index (χ1n) is 5.23. The Hall–Kier alpha value is -1.26. The van der Waals surface area contributed by atoms with Crippen LogP contribution >= 0.6 is 11.6 Å². The van der Waals surface area contributed by atoms with Crippen LogP contribution in [0.5, 0.6) is 0 Å². The van der Waals surface area contributed by atoms with Crippen LogP contribution in [0.25, 0.3) is 0 Å². The molecule has 5 heteroatoms. The van der Waals surface area contributed by atoms with E-state index in [0.717, 1.165) is 31.9 Å². The van der Waals surface area contributed by atoms with Gasteiger partial charge >= 0.3 is 0 Å². The summed E-state index contributed by atoms with van der Waals surface area (Å²) in [6.07, 6.45) is 0. The molecule has 1 saturated heterocycles. The second-order valence-electron chi connectivity index (χ2n) is 3.76. The molecular formula is C11H14ClN3O. The number of anilines is 1. The quantitative estimate of drug-likeness (QED) is 0.805. The lowest BCUT2D eigenvalue weighted by Crippen LogP contribution is -2.44. The van der Waals surface area contributed by atoms with Gasteiger partial charge in [-0.05, 0) is 18.2 Å². The van der Waals surface area contributed by atoms with Crippen LogP contribution in [0, 0.1) is 0 Å². The summed E-state index contributed by atoms with van der Waals surface area (Å²) in [4.78, 5) is 13.5. The van der Waals surface area contributed by atoms with Crippen LogP contribution < -0.4 is 16.0 Å². The van der Waals surface area contributed by atoms with Crippen LogP contribution in [0.1, 0.15) is 10.4 Å². The minimum atomic E-state index is -0.434. The van der Waals surface area contributed by atoms with E-state index >= 15 is 0 Å². The Kier molecular flexibility index (Phi) is 3.31. The molecule has 3 N–H and O–H groups in total. The van der Waals surface area contributed by atoms with Crippen molar-refractivity contribution in [3.8, 4) is 0 Å². The number of rotatable bonds is 2. The highest BCUT2D eigenvalue weighted by atomic mass is 35.5. The first kappa shape index (κ1) is 11.2. The largest absolute Gasteiger partial charge is 0.368 e. The second-order valence-corrected chi connectivity index (χ2v) is 4.20. The molecule has 0 aromatic heterocycles. The van der Waals surface area contributed by atoms with Gasteiger partial charge in [0.15, 0.2) is 0 Å². The molecule has 0 saturated carbocycles. The molecule has 1 aliphatic heterocycles. The summed E-state index contributed by atoms with van der Waals surface area (Å²) < 4.78 is 0. The van der Waals surface area contributed by atoms with Crippen molar-refractivity contribution in [1.82, 2.24) is 5.32 Å². The molecule has 1 aromatic rings. The average Bonchev–Trinajstić information content (AvgIpc) is 2.30. The zero-order valence-corrected chi connectivity index (χ0v) is 9.63. The molecule has 86 valence electrons. The van der Waals surface area contributed by atoms with E-state index in [-0.39, 0.29) is 0 Å². The molecule has 1 heterocycles. The predicted molar refractivity (Wildman–Crippen MR) is 65.1 cm³/mol. The minimum absolute atomic E-state index is 0.434. The van der Waals surface area contributed by atoms with Crippen molar-refractivity contribution in [2.24, 2.45) is 5.73 Å². The second kappa shape index (κ2) is 4.72. The standard InChI is InChI=1S/C11H14ClN3O/c12-8-1-2-10(9(7-8)11(13)16)15-5-3-14-4-6-15/h1-2,7,14H,3-6H2,(H2,13,16). The number of piperazine rings is 1. The Morgan fingerprint density at radius 1 is 1.38 bits per heavy atom. The van der Waals surface area contributed by atoms with E-state index in [1.807, 2.05) is 6.07 Å². The van der Waals surface area contributed by atoms with Crippen LogP contribution in [-0.2, 0) is 0 Å². The number of carbonyl (C=O) groups excluding carboxylic acids is 1. The van der Waals surface area contributed by atoms with Gasteiger partial charge in [0.05, 0.1) is 5.56 Å². The summed E-state index contributed by atoms with van der Waals surface area (Å²) in [7, 11) is 0. The van der Waals surface area contributed by atoms with Gasteiger partial charge in [0.1, 0.15) is 0 Å². The molecule has 0 aliphatic carbocycles. The number of nitrogens with zero attached hydrogens (tertiary/aromatic N) is 1. The summed E-state index contributed by atoms with van der Waals surface area (Å²) in [6.45, 7) is 3.59. The predicted octanol–water partition coefficient (Wildman–Crippen LogP) is 0.848. The molecule has 0 unspecified atom stereocenters. The highest BCUT2D eigenvalue weighted by Gasteiger charge is 2.16. The third-order valence-electron chi connectivity index (χ3n) is 2.68. The lowest BCUT2D eigenvalue weighted by atomic mass is 10.1. The fraction of sp³-hybridized carbons (Fsp3) is 0.364. The summed E-state index contributed by atoms with van der Waals surface area (Å²) in [6, 6.07) is 5.26. The Morgan fingerprint density at radius 3 is 2.69 bits per heavy atom. The van der Waals surface area contributed by atoms with Crippen molar-refractivity contribution in [3.63, 3.8) is 0 Å². The van der Waals surface area contributed by atoms with E-state index < -0.39 is 5.91 Å². The molecule has 1 amide bonds. The van der Waals surface area contributed by atoms with Crippen LogP contribution in [0.2, 0.25) is 5.02 Å². The maximum Gasteiger partial charge on any atom is 0.250 e. The van der Waals surface area contributed by atoms with Crippen LogP contribution in [0.3, 0.4) is 0 Å². The number of carbonyl (C=O) groups is 1. The zero-order chi connectivity index (χ0) is 11.5. The number of hydrogen-bond acceptors (Lipinski definition) is 3. The van der Waals surface area contributed by atoms with Gasteiger partial charge in [-0.1, -0.05) is 11.6 Å². The van der Waals surface area contributed by atoms with Gasteiger partial charge < -0.3 is 16.0 Å². The lowest BCUT2D eigenvalue weighted by molar-refractivity contribution is 0.100. The molecule has 0 atom stereocenters. The Labute approximate surface area is 99.4 Å². The fourth-order valence-corrected chi connectivity index (χ4v) is 2.06. The van der Waals surface area contributed by atoms with E-state index in [9.17, 15) is 4.79 Å². The van der Waals surface area contributed by atoms with Crippen molar-refractivity contribution in [3.05, 3.63) is 28.8 Å². The molecule has 16 heavy (non-hydrogen) atoms. The SMILES string of the molecule is NC(=O)c1cc(Cl)ccc1N1CCNCC1. The van der Waals surface area contributed by atoms with Gasteiger partial charge in [-0.15, -0.1) is 0 Å². The number of halogens is 1. The van der Waals surface area contributed by atoms with Crippen molar-refractivity contribution in [2.45, 2.75) is 0 Å². The molecule has 4 nitrogen and oxygen atoms in total. The lowest BCUT2D eigenvalue weighted by Gasteiger charge is -2.30. The van der Waals surface area contributed by atoms with Gasteiger partial charge in [0.2, 0.25) is 0 Å². The van der Waals surface area contributed by atoms with Gasteiger partial charge in [0.25, 0.3) is 5.91 Å². The molecule has 1 aliphatic rings. The maximum atomic E-state index is 11.3. The smallest absolute Gasteiger partial charge is 0.250 e. The Bertz CT molecular complexity index is 402. The molecule has 0 radical (unpaired) electrons. The molecule has 1 fully saturated rings. The number of hydrogen-bond donors (Lipinski definition) is 2. The van der Waals surface area contributed by atoms with Crippen molar-refractivity contribution in [2.75, 3.05) is 31.1 Å². The van der Waals surface area contributed by atoms with E-state index in [0.29, 0.717) is 10.6 Å². The summed E-state index contributed by atoms with van der Waals surface area (Å²) >= 11 is 5.86. The third kappa shape index (κ3) is 2.28. The third-order valence-corrected chi connectivity index (χ3v) is 2.92. The zero-order valence-electron chi connectivity index (χ0n) is 8.87. The topological polar surface area (TPSA) is 58.4 Å². The van der Waals surface area contributed by atoms with Crippen LogP contribution in [0.15, 0.2) is 18.2 Å². The van der Waals surface area contributed by atoms with E-state index in [2.05, 4.69) is 10.2 Å². The van der Waals surface area contributed by atoms with E-state index in [1.165, 1.54) is 0 Å². The molecule has 0 bridgehead atoms. The molecular weight excluding hydrogens is 226 g/mol. The summed E-state index contributed by atoms with van der Waals surface area (Å²) in [5.74, 6) is -0.434. The first-order chi connectivity index (χ1) is 7.68. The van der Waals surface area contributed by atoms with Crippen LogP contribution in [0.4, 0.5) is 5.69 Å². The normalized spacial score (nSPS) is 16.2. The van der Waals surface area contributed by atoms with E-state index in [4.69, 9.17) is 17.3 Å². The molecule has 2 rings (SSSR count). The van der Waals surface area contributed by atoms with Gasteiger partial charge in [-0.2, -0.15) is 0 Å². The molecule has 0 spiro atoms. The fourth-order valence-electron chi connectivity index (χ4n) is 1.89. The minimum Gasteiger partial charge on any atom is -0.368 e. The monoisotopic (exact) mass is 239 g/mol. The maximum absolute atomic E-state index is 11.3. The number of amides is 1. The van der Waals surface area contributed by atoms with Crippen LogP contribution in [-0.4, -0.2) is 32.1 Å². The van der Waals surface area contributed by atoms with Gasteiger partial charge in [-0.3, -0.25) is 4.79 Å². The highest BCUT2D eigenvalue weighted by Crippen LogP contribution is 2.24. The van der Waals surface area contributed by atoms with Crippen molar-refractivity contribution in [1.29, 1.82) is 0 Å². The van der Waals surface area contributed by atoms with Crippen molar-refractivity contribution >= 4 is 23.2 Å². The van der Waals surface area contributed by atoms with E-state index in [1.54, 1.807) is 12.1 Å².